The molecule has 0 aromatic rings. The van der Waals surface area contributed by atoms with Crippen molar-refractivity contribution in [3.63, 3.8) is 0 Å². The number of amides is 2. The van der Waals surface area contributed by atoms with Crippen LogP contribution in [0.4, 0.5) is 0 Å². The van der Waals surface area contributed by atoms with Crippen molar-refractivity contribution < 1.29 is 29.0 Å². The highest BCUT2D eigenvalue weighted by Gasteiger charge is 2.77. The van der Waals surface area contributed by atoms with Crippen molar-refractivity contribution in [3.05, 3.63) is 25.3 Å². The Bertz CT molecular complexity index is 978. The standard InChI is InChI=1S/C32H51BrN2O6/c1-8-10-11-15-19-40-29(39)23-24-27(37)34(17-13-12-14-18-36)26(32(24)20-22(33)25(23)41-32)28(38)35(16-9-2)31(6,7)21-30(3,4)5/h8-9,22-26,36H,1-2,10-21H2,3-7H3/t22?,23-,24-,25-,26?,32?/m0/s1. The molecule has 9 heteroatoms. The number of carbonyl (C=O) groups excluding carboxylic acids is 3. The minimum atomic E-state index is -1.12. The summed E-state index contributed by atoms with van der Waals surface area (Å²) in [5, 5.41) is 9.29. The second-order valence-electron chi connectivity index (χ2n) is 13.7. The van der Waals surface area contributed by atoms with Crippen LogP contribution in [0, 0.1) is 17.3 Å². The fraction of sp³-hybridized carbons (Fsp3) is 0.781. The van der Waals surface area contributed by atoms with Crippen LogP contribution in [0.25, 0.3) is 0 Å². The molecule has 3 heterocycles. The molecule has 1 N–H and O–H groups in total. The van der Waals surface area contributed by atoms with Crippen LogP contribution < -0.4 is 0 Å². The number of alkyl halides is 1. The van der Waals surface area contributed by atoms with Gasteiger partial charge in [0.2, 0.25) is 11.8 Å². The van der Waals surface area contributed by atoms with Gasteiger partial charge in [-0.15, -0.1) is 13.2 Å². The monoisotopic (exact) mass is 638 g/mol. The number of hydrogen-bond acceptors (Lipinski definition) is 6. The number of hydrogen-bond donors (Lipinski definition) is 1. The first-order valence-corrected chi connectivity index (χ1v) is 16.1. The Morgan fingerprint density at radius 2 is 1.85 bits per heavy atom. The lowest BCUT2D eigenvalue weighted by Crippen LogP contribution is -2.61. The molecular formula is C32H51BrN2O6. The van der Waals surface area contributed by atoms with Crippen LogP contribution in [0.15, 0.2) is 25.3 Å². The molecule has 0 saturated carbocycles. The third-order valence-corrected chi connectivity index (χ3v) is 9.52. The van der Waals surface area contributed by atoms with Crippen LogP contribution in [0.2, 0.25) is 0 Å². The van der Waals surface area contributed by atoms with Crippen molar-refractivity contribution in [2.24, 2.45) is 17.3 Å². The Balaban J connectivity index is 1.98. The Morgan fingerprint density at radius 3 is 2.46 bits per heavy atom. The van der Waals surface area contributed by atoms with Crippen LogP contribution in [0.3, 0.4) is 0 Å². The molecule has 3 fully saturated rings. The van der Waals surface area contributed by atoms with E-state index in [9.17, 15) is 19.5 Å². The SMILES string of the molecule is C=CCCCCOC(=O)[C@H]1[C@H]2C(=O)N(CCCCCO)C(C(=O)N(CC=C)C(C)(C)CC(C)(C)C)C23CC(Br)[C@@H]1O3. The fourth-order valence-electron chi connectivity index (χ4n) is 7.45. The van der Waals surface area contributed by atoms with Crippen LogP contribution in [0.5, 0.6) is 0 Å². The van der Waals surface area contributed by atoms with Gasteiger partial charge in [0, 0.05) is 30.1 Å². The van der Waals surface area contributed by atoms with Crippen molar-refractivity contribution in [2.75, 3.05) is 26.3 Å². The topological polar surface area (TPSA) is 96.4 Å². The summed E-state index contributed by atoms with van der Waals surface area (Å²) in [6.07, 6.45) is 8.68. The van der Waals surface area contributed by atoms with E-state index in [1.165, 1.54) is 0 Å². The largest absolute Gasteiger partial charge is 0.465 e. The third kappa shape index (κ3) is 7.10. The van der Waals surface area contributed by atoms with E-state index in [2.05, 4.69) is 63.7 Å². The Labute approximate surface area is 255 Å². The smallest absolute Gasteiger partial charge is 0.312 e. The van der Waals surface area contributed by atoms with Crippen molar-refractivity contribution in [3.8, 4) is 0 Å². The maximum atomic E-state index is 14.7. The van der Waals surface area contributed by atoms with Crippen LogP contribution in [0.1, 0.15) is 86.0 Å². The predicted molar refractivity (Wildman–Crippen MR) is 163 cm³/mol. The number of nitrogens with zero attached hydrogens (tertiary/aromatic N) is 2. The first kappa shape index (κ1) is 33.8. The maximum absolute atomic E-state index is 14.7. The summed E-state index contributed by atoms with van der Waals surface area (Å²) in [5.74, 6) is -2.36. The zero-order chi connectivity index (χ0) is 30.6. The van der Waals surface area contributed by atoms with E-state index in [1.807, 2.05) is 11.0 Å². The highest BCUT2D eigenvalue weighted by molar-refractivity contribution is 9.09. The zero-order valence-corrected chi connectivity index (χ0v) is 27.3. The van der Waals surface area contributed by atoms with Gasteiger partial charge in [-0.25, -0.2) is 0 Å². The molecule has 232 valence electrons. The van der Waals surface area contributed by atoms with Crippen LogP contribution in [-0.4, -0.2) is 87.1 Å². The fourth-order valence-corrected chi connectivity index (χ4v) is 8.40. The molecule has 0 radical (unpaired) electrons. The summed E-state index contributed by atoms with van der Waals surface area (Å²) < 4.78 is 12.3. The predicted octanol–water partition coefficient (Wildman–Crippen LogP) is 5.03. The van der Waals surface area contributed by atoms with Gasteiger partial charge in [-0.05, 0) is 70.6 Å². The zero-order valence-electron chi connectivity index (χ0n) is 25.7. The average Bonchev–Trinajstić information content (AvgIpc) is 3.46. The molecule has 8 nitrogen and oxygen atoms in total. The van der Waals surface area contributed by atoms with Crippen molar-refractivity contribution in [2.45, 2.75) is 114 Å². The number of carbonyl (C=O) groups is 3. The number of ether oxygens (including phenoxy) is 2. The molecule has 41 heavy (non-hydrogen) atoms. The summed E-state index contributed by atoms with van der Waals surface area (Å²) in [5.41, 5.74) is -1.67. The lowest BCUT2D eigenvalue weighted by atomic mass is 9.70. The van der Waals surface area contributed by atoms with E-state index in [1.54, 1.807) is 11.0 Å². The molecule has 3 unspecified atom stereocenters. The first-order valence-electron chi connectivity index (χ1n) is 15.2. The Morgan fingerprint density at radius 1 is 1.15 bits per heavy atom. The summed E-state index contributed by atoms with van der Waals surface area (Å²) >= 11 is 3.73. The van der Waals surface area contributed by atoms with Crippen LogP contribution >= 0.6 is 15.9 Å². The molecule has 0 aromatic heterocycles. The lowest BCUT2D eigenvalue weighted by molar-refractivity contribution is -0.156. The normalized spacial score (nSPS) is 29.0. The molecule has 2 amide bonds. The van der Waals surface area contributed by atoms with E-state index < -0.39 is 41.1 Å². The molecule has 3 aliphatic heterocycles. The van der Waals surface area contributed by atoms with Gasteiger partial charge in [-0.2, -0.15) is 0 Å². The van der Waals surface area contributed by atoms with Gasteiger partial charge in [0.05, 0.1) is 24.5 Å². The molecule has 1 spiro atoms. The Kier molecular flexibility index (Phi) is 11.3. The number of fused-ring (bicyclic) bond motifs is 1. The highest BCUT2D eigenvalue weighted by Crippen LogP contribution is 2.60. The summed E-state index contributed by atoms with van der Waals surface area (Å²) in [6, 6.07) is -0.858. The molecule has 3 rings (SSSR count). The second-order valence-corrected chi connectivity index (χ2v) is 14.9. The highest BCUT2D eigenvalue weighted by atomic mass is 79.9. The molecule has 3 aliphatic rings. The summed E-state index contributed by atoms with van der Waals surface area (Å²) in [6.45, 7) is 19.3. The number of rotatable bonds is 16. The summed E-state index contributed by atoms with van der Waals surface area (Å²) in [4.78, 5) is 45.7. The maximum Gasteiger partial charge on any atom is 0.312 e. The number of aliphatic hydroxyl groups excluding tert-OH is 1. The van der Waals surface area contributed by atoms with Gasteiger partial charge in [0.25, 0.3) is 0 Å². The van der Waals surface area contributed by atoms with Crippen molar-refractivity contribution in [1.82, 2.24) is 9.80 Å². The first-order chi connectivity index (χ1) is 19.3. The van der Waals surface area contributed by atoms with Crippen molar-refractivity contribution >= 4 is 33.7 Å². The van der Waals surface area contributed by atoms with Crippen LogP contribution in [-0.2, 0) is 23.9 Å². The molecular weight excluding hydrogens is 588 g/mol. The van der Waals surface area contributed by atoms with Gasteiger partial charge in [0.15, 0.2) is 0 Å². The molecule has 6 atom stereocenters. The van der Waals surface area contributed by atoms with E-state index >= 15 is 0 Å². The Hall–Kier alpha value is -1.71. The second kappa shape index (κ2) is 13.7. The van der Waals surface area contributed by atoms with E-state index in [4.69, 9.17) is 9.47 Å². The van der Waals surface area contributed by atoms with Gasteiger partial charge in [0.1, 0.15) is 11.6 Å². The van der Waals surface area contributed by atoms with Gasteiger partial charge in [-0.3, -0.25) is 14.4 Å². The van der Waals surface area contributed by atoms with E-state index in [0.717, 1.165) is 32.1 Å². The van der Waals surface area contributed by atoms with Gasteiger partial charge >= 0.3 is 5.97 Å². The van der Waals surface area contributed by atoms with E-state index in [0.29, 0.717) is 32.4 Å². The molecule has 3 saturated heterocycles. The average molecular weight is 640 g/mol. The number of allylic oxidation sites excluding steroid dienone is 1. The minimum Gasteiger partial charge on any atom is -0.465 e. The molecule has 0 aliphatic carbocycles. The number of aliphatic hydroxyl groups is 1. The number of likely N-dealkylation sites (tertiary alicyclic amines) is 1. The molecule has 0 aromatic carbocycles. The third-order valence-electron chi connectivity index (χ3n) is 8.67. The number of esters is 1. The minimum absolute atomic E-state index is 0.0384. The van der Waals surface area contributed by atoms with Gasteiger partial charge in [-0.1, -0.05) is 48.9 Å². The summed E-state index contributed by atoms with van der Waals surface area (Å²) in [7, 11) is 0. The number of unbranched alkanes of at least 4 members (excludes halogenated alkanes) is 4. The quantitative estimate of drug-likeness (QED) is 0.110. The molecule has 2 bridgehead atoms. The van der Waals surface area contributed by atoms with Gasteiger partial charge < -0.3 is 24.4 Å². The van der Waals surface area contributed by atoms with Crippen molar-refractivity contribution in [1.29, 1.82) is 0 Å². The lowest BCUT2D eigenvalue weighted by Gasteiger charge is -2.45. The number of halogens is 1. The van der Waals surface area contributed by atoms with E-state index in [-0.39, 0.29) is 35.3 Å².